The monoisotopic (exact) mass is 560 g/mol. The average Bonchev–Trinajstić information content (AvgIpc) is 3.87. The second kappa shape index (κ2) is 11.0. The van der Waals surface area contributed by atoms with Crippen molar-refractivity contribution >= 4 is 21.5 Å². The lowest BCUT2D eigenvalue weighted by atomic mass is 9.79. The summed E-state index contributed by atoms with van der Waals surface area (Å²) in [5.41, 5.74) is 3.34. The normalized spacial score (nSPS) is 21.2. The van der Waals surface area contributed by atoms with E-state index >= 15 is 0 Å². The Labute approximate surface area is 244 Å². The van der Waals surface area contributed by atoms with Crippen LogP contribution in [-0.4, -0.2) is 58.0 Å². The van der Waals surface area contributed by atoms with Gasteiger partial charge in [-0.1, -0.05) is 72.8 Å². The first kappa shape index (κ1) is 25.6. The minimum Gasteiger partial charge on any atom is -0.491 e. The maximum absolute atomic E-state index is 6.52. The highest BCUT2D eigenvalue weighted by molar-refractivity contribution is 5.93. The Morgan fingerprint density at radius 3 is 1.45 bits per heavy atom. The summed E-state index contributed by atoms with van der Waals surface area (Å²) in [5, 5.41) is 4.61. The van der Waals surface area contributed by atoms with Crippen LogP contribution in [0.5, 0.6) is 17.2 Å². The molecule has 0 aliphatic carbocycles. The Hall–Kier alpha value is -4.10. The van der Waals surface area contributed by atoms with Crippen LogP contribution in [-0.2, 0) is 14.2 Å². The molecule has 3 aliphatic rings. The molecule has 3 aliphatic heterocycles. The number of ether oxygens (including phenoxy) is 6. The smallest absolute Gasteiger partial charge is 0.124 e. The van der Waals surface area contributed by atoms with Gasteiger partial charge >= 0.3 is 0 Å². The van der Waals surface area contributed by atoms with Crippen LogP contribution in [0, 0.1) is 0 Å². The van der Waals surface area contributed by atoms with Crippen LogP contribution in [0.1, 0.15) is 22.6 Å². The zero-order valence-electron chi connectivity index (χ0n) is 23.2. The topological polar surface area (TPSA) is 65.3 Å². The molecule has 3 heterocycles. The molecule has 3 saturated heterocycles. The van der Waals surface area contributed by atoms with E-state index < -0.39 is 0 Å². The standard InChI is InChI=1S/C36H32O6/c1-3-7-30-23(5-1)11-15-32(41-21-28-19-39-28)35(30)34(25-9-13-26(14-10-25)37-17-27-18-38-27)36-31-8-4-2-6-24(31)12-16-33(36)42-22-29-20-40-29/h1-16,27-29,34H,17-22H2. The third-order valence-electron chi connectivity index (χ3n) is 8.14. The van der Waals surface area contributed by atoms with Gasteiger partial charge < -0.3 is 28.4 Å². The van der Waals surface area contributed by atoms with Crippen LogP contribution in [0.2, 0.25) is 0 Å². The van der Waals surface area contributed by atoms with E-state index in [4.69, 9.17) is 28.4 Å². The van der Waals surface area contributed by atoms with Crippen molar-refractivity contribution in [2.24, 2.45) is 0 Å². The summed E-state index contributed by atoms with van der Waals surface area (Å²) in [6.45, 7) is 3.86. The molecule has 0 N–H and O–H groups in total. The lowest BCUT2D eigenvalue weighted by Gasteiger charge is -2.27. The minimum atomic E-state index is -0.187. The molecule has 0 amide bonds. The van der Waals surface area contributed by atoms with Crippen molar-refractivity contribution in [2.45, 2.75) is 24.2 Å². The second-order valence-corrected chi connectivity index (χ2v) is 11.2. The van der Waals surface area contributed by atoms with Crippen molar-refractivity contribution in [1.29, 1.82) is 0 Å². The van der Waals surface area contributed by atoms with Gasteiger partial charge in [0, 0.05) is 17.0 Å². The van der Waals surface area contributed by atoms with Crippen molar-refractivity contribution in [3.63, 3.8) is 0 Å². The quantitative estimate of drug-likeness (QED) is 0.128. The summed E-state index contributed by atoms with van der Waals surface area (Å²) in [4.78, 5) is 0. The third-order valence-corrected chi connectivity index (χ3v) is 8.14. The van der Waals surface area contributed by atoms with Crippen LogP contribution in [0.3, 0.4) is 0 Å². The highest BCUT2D eigenvalue weighted by Crippen LogP contribution is 2.47. The van der Waals surface area contributed by atoms with Gasteiger partial charge in [0.25, 0.3) is 0 Å². The Morgan fingerprint density at radius 1 is 0.524 bits per heavy atom. The van der Waals surface area contributed by atoms with E-state index in [1.807, 2.05) is 0 Å². The SMILES string of the molecule is c1ccc2c(C(c3ccc(OCC4CO4)cc3)c3c(OCC4CO4)ccc4ccccc34)c(OCC3CO3)ccc2c1. The summed E-state index contributed by atoms with van der Waals surface area (Å²) in [7, 11) is 0. The number of benzene rings is 5. The molecule has 5 aromatic rings. The number of hydrogen-bond acceptors (Lipinski definition) is 6. The number of rotatable bonds is 12. The minimum absolute atomic E-state index is 0.143. The molecular weight excluding hydrogens is 528 g/mol. The van der Waals surface area contributed by atoms with Gasteiger partial charge in [-0.2, -0.15) is 0 Å². The zero-order valence-corrected chi connectivity index (χ0v) is 23.2. The van der Waals surface area contributed by atoms with Gasteiger partial charge in [0.05, 0.1) is 19.8 Å². The molecule has 8 rings (SSSR count). The molecule has 3 atom stereocenters. The van der Waals surface area contributed by atoms with Crippen molar-refractivity contribution in [2.75, 3.05) is 39.6 Å². The van der Waals surface area contributed by atoms with E-state index in [0.717, 1.165) is 75.3 Å². The number of fused-ring (bicyclic) bond motifs is 2. The first-order valence-corrected chi connectivity index (χ1v) is 14.7. The average molecular weight is 561 g/mol. The Balaban J connectivity index is 1.33. The highest BCUT2D eigenvalue weighted by atomic mass is 16.6. The highest BCUT2D eigenvalue weighted by Gasteiger charge is 2.31. The largest absolute Gasteiger partial charge is 0.491 e. The third kappa shape index (κ3) is 5.41. The van der Waals surface area contributed by atoms with E-state index in [1.54, 1.807) is 0 Å². The predicted octanol–water partition coefficient (Wildman–Crippen LogP) is 6.51. The van der Waals surface area contributed by atoms with Crippen LogP contribution in [0.4, 0.5) is 0 Å². The van der Waals surface area contributed by atoms with Crippen LogP contribution >= 0.6 is 0 Å². The van der Waals surface area contributed by atoms with E-state index in [-0.39, 0.29) is 24.2 Å². The fourth-order valence-electron chi connectivity index (χ4n) is 5.68. The molecule has 3 unspecified atom stereocenters. The van der Waals surface area contributed by atoms with Crippen molar-refractivity contribution in [3.05, 3.63) is 114 Å². The Bertz CT molecular complexity index is 1620. The summed E-state index contributed by atoms with van der Waals surface area (Å²) in [6.07, 6.45) is 0.489. The van der Waals surface area contributed by atoms with E-state index in [2.05, 4.69) is 97.1 Å². The molecule has 0 bridgehead atoms. The number of hydrogen-bond donors (Lipinski definition) is 0. The molecule has 42 heavy (non-hydrogen) atoms. The number of epoxide rings is 3. The molecule has 6 nitrogen and oxygen atoms in total. The van der Waals surface area contributed by atoms with E-state index in [1.165, 1.54) is 0 Å². The molecule has 6 heteroatoms. The van der Waals surface area contributed by atoms with E-state index in [0.29, 0.717) is 19.8 Å². The van der Waals surface area contributed by atoms with Gasteiger partial charge in [-0.05, 0) is 51.4 Å². The first-order valence-electron chi connectivity index (χ1n) is 14.7. The van der Waals surface area contributed by atoms with Gasteiger partial charge in [0.2, 0.25) is 0 Å². The van der Waals surface area contributed by atoms with Crippen LogP contribution < -0.4 is 14.2 Å². The van der Waals surface area contributed by atoms with Gasteiger partial charge in [0.1, 0.15) is 55.4 Å². The van der Waals surface area contributed by atoms with Gasteiger partial charge in [0.15, 0.2) is 0 Å². The Morgan fingerprint density at radius 2 is 0.976 bits per heavy atom. The molecular formula is C36H32O6. The Kier molecular flexibility index (Phi) is 6.67. The summed E-state index contributed by atoms with van der Waals surface area (Å²) in [5.74, 6) is 2.34. The van der Waals surface area contributed by atoms with Crippen LogP contribution in [0.25, 0.3) is 21.5 Å². The molecule has 212 valence electrons. The summed E-state index contributed by atoms with van der Waals surface area (Å²) < 4.78 is 35.4. The lowest BCUT2D eigenvalue weighted by molar-refractivity contribution is 0.258. The lowest BCUT2D eigenvalue weighted by Crippen LogP contribution is -2.13. The van der Waals surface area contributed by atoms with Crippen molar-refractivity contribution < 1.29 is 28.4 Å². The maximum atomic E-state index is 6.52. The molecule has 0 radical (unpaired) electrons. The van der Waals surface area contributed by atoms with Crippen molar-refractivity contribution in [1.82, 2.24) is 0 Å². The van der Waals surface area contributed by atoms with Gasteiger partial charge in [-0.15, -0.1) is 0 Å². The second-order valence-electron chi connectivity index (χ2n) is 11.2. The maximum Gasteiger partial charge on any atom is 0.124 e. The van der Waals surface area contributed by atoms with Crippen molar-refractivity contribution in [3.8, 4) is 17.2 Å². The fourth-order valence-corrected chi connectivity index (χ4v) is 5.68. The van der Waals surface area contributed by atoms with E-state index in [9.17, 15) is 0 Å². The van der Waals surface area contributed by atoms with Gasteiger partial charge in [-0.3, -0.25) is 0 Å². The predicted molar refractivity (Wildman–Crippen MR) is 161 cm³/mol. The summed E-state index contributed by atoms with van der Waals surface area (Å²) >= 11 is 0. The molecule has 3 fully saturated rings. The molecule has 0 saturated carbocycles. The molecule has 0 spiro atoms. The molecule has 5 aromatic carbocycles. The zero-order chi connectivity index (χ0) is 27.9. The molecule has 0 aromatic heterocycles. The van der Waals surface area contributed by atoms with Crippen LogP contribution in [0.15, 0.2) is 97.1 Å². The fraction of sp³-hybridized carbons (Fsp3) is 0.278. The van der Waals surface area contributed by atoms with Gasteiger partial charge in [-0.25, -0.2) is 0 Å². The summed E-state index contributed by atoms with van der Waals surface area (Å²) in [6, 6.07) is 34.0. The first-order chi connectivity index (χ1) is 20.8.